The van der Waals surface area contributed by atoms with Gasteiger partial charge in [0.25, 0.3) is 0 Å². The van der Waals surface area contributed by atoms with Crippen molar-refractivity contribution in [1.82, 2.24) is 0 Å². The highest BCUT2D eigenvalue weighted by atomic mass is 16.5. The number of hydrogen-bond donors (Lipinski definition) is 0. The Morgan fingerprint density at radius 1 is 1.41 bits per heavy atom. The number of carbonyl (C=O) groups is 1. The van der Waals surface area contributed by atoms with Crippen LogP contribution in [0.5, 0.6) is 0 Å². The van der Waals surface area contributed by atoms with Crippen molar-refractivity contribution in [3.63, 3.8) is 0 Å². The lowest BCUT2D eigenvalue weighted by Crippen LogP contribution is -2.24. The number of ether oxygens (including phenoxy) is 2. The molecule has 0 saturated heterocycles. The van der Waals surface area contributed by atoms with Crippen molar-refractivity contribution in [3.8, 4) is 0 Å². The molecule has 1 aliphatic carbocycles. The average molecular weight is 240 g/mol. The molecule has 0 saturated carbocycles. The molecule has 98 valence electrons. The molecule has 0 amide bonds. The van der Waals surface area contributed by atoms with Crippen LogP contribution in [0.3, 0.4) is 0 Å². The van der Waals surface area contributed by atoms with Crippen molar-refractivity contribution in [3.05, 3.63) is 11.6 Å². The van der Waals surface area contributed by atoms with Gasteiger partial charge in [-0.05, 0) is 45.1 Å². The van der Waals surface area contributed by atoms with E-state index in [1.54, 1.807) is 0 Å². The third-order valence-electron chi connectivity index (χ3n) is 3.14. The minimum atomic E-state index is -0.176. The Morgan fingerprint density at radius 2 is 2.12 bits per heavy atom. The quantitative estimate of drug-likeness (QED) is 0.669. The third kappa shape index (κ3) is 4.50. The second-order valence-electron chi connectivity index (χ2n) is 4.42. The molecule has 0 aliphatic heterocycles. The summed E-state index contributed by atoms with van der Waals surface area (Å²) in [7, 11) is 0. The van der Waals surface area contributed by atoms with E-state index in [0.717, 1.165) is 37.7 Å². The van der Waals surface area contributed by atoms with E-state index >= 15 is 0 Å². The Balaban J connectivity index is 2.56. The first-order valence-corrected chi connectivity index (χ1v) is 6.74. The Hall–Kier alpha value is -0.830. The van der Waals surface area contributed by atoms with Crippen LogP contribution in [0.1, 0.15) is 52.9 Å². The molecule has 0 N–H and O–H groups in total. The third-order valence-corrected chi connectivity index (χ3v) is 3.14. The van der Waals surface area contributed by atoms with Gasteiger partial charge in [-0.1, -0.05) is 13.8 Å². The molecule has 1 aliphatic rings. The van der Waals surface area contributed by atoms with Gasteiger partial charge in [0.2, 0.25) is 0 Å². The molecule has 0 spiro atoms. The Morgan fingerprint density at radius 3 is 2.71 bits per heavy atom. The summed E-state index contributed by atoms with van der Waals surface area (Å²) in [5.41, 5.74) is 0.786. The van der Waals surface area contributed by atoms with E-state index in [9.17, 15) is 4.79 Å². The van der Waals surface area contributed by atoms with Crippen LogP contribution < -0.4 is 0 Å². The summed E-state index contributed by atoms with van der Waals surface area (Å²) >= 11 is 0. The van der Waals surface area contributed by atoms with Gasteiger partial charge in [-0.25, -0.2) is 4.79 Å². The van der Waals surface area contributed by atoms with Crippen molar-refractivity contribution in [2.75, 3.05) is 6.61 Å². The fraction of sp³-hybridized carbons (Fsp3) is 0.786. The highest BCUT2D eigenvalue weighted by Crippen LogP contribution is 2.23. The summed E-state index contributed by atoms with van der Waals surface area (Å²) in [5.74, 6) is -0.176. The average Bonchev–Trinajstić information content (AvgIpc) is 2.36. The van der Waals surface area contributed by atoms with E-state index in [4.69, 9.17) is 9.47 Å². The lowest BCUT2D eigenvalue weighted by Gasteiger charge is -2.25. The zero-order chi connectivity index (χ0) is 12.7. The SMILES string of the molecule is CCOC(=O)C1=CC(OC(CC)CC)CCC1. The highest BCUT2D eigenvalue weighted by Gasteiger charge is 2.21. The molecule has 0 fully saturated rings. The van der Waals surface area contributed by atoms with Gasteiger partial charge < -0.3 is 9.47 Å². The van der Waals surface area contributed by atoms with Crippen LogP contribution in [-0.4, -0.2) is 24.8 Å². The summed E-state index contributed by atoms with van der Waals surface area (Å²) in [6.07, 6.45) is 7.24. The normalized spacial score (nSPS) is 20.2. The first kappa shape index (κ1) is 14.2. The first-order chi connectivity index (χ1) is 8.21. The van der Waals surface area contributed by atoms with E-state index in [1.807, 2.05) is 13.0 Å². The lowest BCUT2D eigenvalue weighted by molar-refractivity contribution is -0.139. The van der Waals surface area contributed by atoms with Crippen LogP contribution in [-0.2, 0) is 14.3 Å². The molecule has 0 heterocycles. The van der Waals surface area contributed by atoms with E-state index in [1.165, 1.54) is 0 Å². The molecule has 17 heavy (non-hydrogen) atoms. The van der Waals surface area contributed by atoms with Gasteiger partial charge in [0.15, 0.2) is 0 Å². The standard InChI is InChI=1S/C14H24O3/c1-4-12(5-2)17-13-9-7-8-11(10-13)14(15)16-6-3/h10,12-13H,4-9H2,1-3H3. The second-order valence-corrected chi connectivity index (χ2v) is 4.42. The van der Waals surface area contributed by atoms with E-state index in [2.05, 4.69) is 13.8 Å². The molecular weight excluding hydrogens is 216 g/mol. The minimum Gasteiger partial charge on any atom is -0.463 e. The van der Waals surface area contributed by atoms with Gasteiger partial charge in [-0.2, -0.15) is 0 Å². The fourth-order valence-corrected chi connectivity index (χ4v) is 2.11. The summed E-state index contributed by atoms with van der Waals surface area (Å²) in [5, 5.41) is 0. The van der Waals surface area contributed by atoms with Crippen LogP contribution in [0.4, 0.5) is 0 Å². The van der Waals surface area contributed by atoms with Gasteiger partial charge >= 0.3 is 5.97 Å². The molecule has 3 nitrogen and oxygen atoms in total. The summed E-state index contributed by atoms with van der Waals surface area (Å²) in [6.45, 7) is 6.54. The fourth-order valence-electron chi connectivity index (χ4n) is 2.11. The maximum Gasteiger partial charge on any atom is 0.333 e. The molecule has 0 aromatic heterocycles. The summed E-state index contributed by atoms with van der Waals surface area (Å²) in [6, 6.07) is 0. The highest BCUT2D eigenvalue weighted by molar-refractivity contribution is 5.88. The minimum absolute atomic E-state index is 0.0908. The number of carbonyl (C=O) groups excluding carboxylic acids is 1. The topological polar surface area (TPSA) is 35.5 Å². The Labute approximate surface area is 104 Å². The maximum absolute atomic E-state index is 11.6. The van der Waals surface area contributed by atoms with Gasteiger partial charge in [-0.3, -0.25) is 0 Å². The van der Waals surface area contributed by atoms with Crippen LogP contribution in [0.15, 0.2) is 11.6 Å². The molecular formula is C14H24O3. The van der Waals surface area contributed by atoms with Crippen molar-refractivity contribution in [2.24, 2.45) is 0 Å². The van der Waals surface area contributed by atoms with Gasteiger partial charge in [0, 0.05) is 5.57 Å². The van der Waals surface area contributed by atoms with Gasteiger partial charge in [-0.15, -0.1) is 0 Å². The van der Waals surface area contributed by atoms with E-state index < -0.39 is 0 Å². The van der Waals surface area contributed by atoms with Crippen molar-refractivity contribution < 1.29 is 14.3 Å². The number of rotatable bonds is 6. The molecule has 1 atom stereocenters. The molecule has 3 heteroatoms. The molecule has 1 unspecified atom stereocenters. The van der Waals surface area contributed by atoms with Crippen LogP contribution >= 0.6 is 0 Å². The number of hydrogen-bond acceptors (Lipinski definition) is 3. The molecule has 1 rings (SSSR count). The lowest BCUT2D eigenvalue weighted by atomic mass is 9.97. The van der Waals surface area contributed by atoms with E-state index in [0.29, 0.717) is 12.7 Å². The smallest absolute Gasteiger partial charge is 0.333 e. The van der Waals surface area contributed by atoms with Crippen LogP contribution in [0.25, 0.3) is 0 Å². The molecule has 0 bridgehead atoms. The number of esters is 1. The largest absolute Gasteiger partial charge is 0.463 e. The molecule has 0 aromatic carbocycles. The molecule has 0 radical (unpaired) electrons. The van der Waals surface area contributed by atoms with Gasteiger partial charge in [0.05, 0.1) is 18.8 Å². The van der Waals surface area contributed by atoms with Crippen molar-refractivity contribution in [2.45, 2.75) is 65.1 Å². The monoisotopic (exact) mass is 240 g/mol. The zero-order valence-electron chi connectivity index (χ0n) is 11.2. The Bertz CT molecular complexity index is 267. The zero-order valence-corrected chi connectivity index (χ0v) is 11.2. The maximum atomic E-state index is 11.6. The van der Waals surface area contributed by atoms with Crippen LogP contribution in [0, 0.1) is 0 Å². The summed E-state index contributed by atoms with van der Waals surface area (Å²) in [4.78, 5) is 11.6. The van der Waals surface area contributed by atoms with Crippen molar-refractivity contribution >= 4 is 5.97 Å². The van der Waals surface area contributed by atoms with Gasteiger partial charge in [0.1, 0.15) is 0 Å². The predicted molar refractivity (Wildman–Crippen MR) is 67.8 cm³/mol. The summed E-state index contributed by atoms with van der Waals surface area (Å²) < 4.78 is 11.0. The van der Waals surface area contributed by atoms with Crippen molar-refractivity contribution in [1.29, 1.82) is 0 Å². The first-order valence-electron chi connectivity index (χ1n) is 6.74. The van der Waals surface area contributed by atoms with Crippen LogP contribution in [0.2, 0.25) is 0 Å². The second kappa shape index (κ2) is 7.49. The Kier molecular flexibility index (Phi) is 6.27. The van der Waals surface area contributed by atoms with E-state index in [-0.39, 0.29) is 12.1 Å². The predicted octanol–water partition coefficient (Wildman–Crippen LogP) is 3.23. The molecule has 0 aromatic rings.